The van der Waals surface area contributed by atoms with Gasteiger partial charge in [0, 0.05) is 13.2 Å². The molecule has 1 aromatic rings. The van der Waals surface area contributed by atoms with Crippen molar-refractivity contribution in [3.8, 4) is 0 Å². The number of methoxy groups -OCH3 is 1. The van der Waals surface area contributed by atoms with Crippen LogP contribution in [0.1, 0.15) is 5.69 Å². The maximum Gasteiger partial charge on any atom is 0.231 e. The molecule has 0 aliphatic heterocycles. The fraction of sp³-hybridized carbons (Fsp3) is 0.333. The van der Waals surface area contributed by atoms with Crippen molar-refractivity contribution in [3.05, 3.63) is 18.0 Å². The zero-order valence-electron chi connectivity index (χ0n) is 5.96. The SMILES string of the molecule is COC(=N)c1ccnn1C. The Morgan fingerprint density at radius 2 is 2.50 bits per heavy atom. The molecule has 1 N–H and O–H groups in total. The summed E-state index contributed by atoms with van der Waals surface area (Å²) in [6.45, 7) is 0. The van der Waals surface area contributed by atoms with Gasteiger partial charge in [-0.15, -0.1) is 0 Å². The maximum atomic E-state index is 7.25. The molecule has 0 atom stereocenters. The number of ether oxygens (including phenoxy) is 1. The van der Waals surface area contributed by atoms with Crippen LogP contribution in [0, 0.1) is 5.41 Å². The molecule has 4 nitrogen and oxygen atoms in total. The van der Waals surface area contributed by atoms with Gasteiger partial charge in [-0.05, 0) is 6.07 Å². The Hall–Kier alpha value is -1.32. The van der Waals surface area contributed by atoms with Gasteiger partial charge in [-0.25, -0.2) is 0 Å². The Morgan fingerprint density at radius 1 is 1.80 bits per heavy atom. The van der Waals surface area contributed by atoms with Gasteiger partial charge in [0.15, 0.2) is 0 Å². The predicted molar refractivity (Wildman–Crippen MR) is 37.0 cm³/mol. The second-order valence-electron chi connectivity index (χ2n) is 1.87. The van der Waals surface area contributed by atoms with E-state index in [4.69, 9.17) is 10.1 Å². The minimum absolute atomic E-state index is 0.139. The van der Waals surface area contributed by atoms with Gasteiger partial charge in [0.1, 0.15) is 5.69 Å². The highest BCUT2D eigenvalue weighted by Crippen LogP contribution is 1.96. The average Bonchev–Trinajstić information content (AvgIpc) is 2.34. The molecular weight excluding hydrogens is 130 g/mol. The molecule has 0 amide bonds. The zero-order valence-corrected chi connectivity index (χ0v) is 5.96. The van der Waals surface area contributed by atoms with Crippen LogP contribution in [0.4, 0.5) is 0 Å². The Labute approximate surface area is 58.9 Å². The molecule has 0 aromatic carbocycles. The van der Waals surface area contributed by atoms with Crippen LogP contribution < -0.4 is 0 Å². The van der Waals surface area contributed by atoms with Gasteiger partial charge in [0.25, 0.3) is 0 Å². The van der Waals surface area contributed by atoms with Gasteiger partial charge in [-0.2, -0.15) is 5.10 Å². The van der Waals surface area contributed by atoms with Gasteiger partial charge in [-0.3, -0.25) is 10.1 Å². The Bertz CT molecular complexity index is 241. The first-order valence-corrected chi connectivity index (χ1v) is 2.86. The van der Waals surface area contributed by atoms with E-state index in [1.165, 1.54) is 7.11 Å². The summed E-state index contributed by atoms with van der Waals surface area (Å²) in [6, 6.07) is 1.73. The molecule has 0 fully saturated rings. The fourth-order valence-corrected chi connectivity index (χ4v) is 0.701. The van der Waals surface area contributed by atoms with Crippen molar-refractivity contribution in [2.75, 3.05) is 7.11 Å². The Morgan fingerprint density at radius 3 is 2.90 bits per heavy atom. The summed E-state index contributed by atoms with van der Waals surface area (Å²) < 4.78 is 6.29. The van der Waals surface area contributed by atoms with Crippen LogP contribution in [0.25, 0.3) is 0 Å². The van der Waals surface area contributed by atoms with Crippen molar-refractivity contribution in [1.29, 1.82) is 5.41 Å². The third-order valence-corrected chi connectivity index (χ3v) is 1.26. The lowest BCUT2D eigenvalue weighted by molar-refractivity contribution is 0.397. The van der Waals surface area contributed by atoms with E-state index in [1.54, 1.807) is 24.0 Å². The number of hydrogen-bond donors (Lipinski definition) is 1. The highest BCUT2D eigenvalue weighted by Gasteiger charge is 2.03. The summed E-state index contributed by atoms with van der Waals surface area (Å²) in [4.78, 5) is 0. The first-order valence-electron chi connectivity index (χ1n) is 2.86. The standard InChI is InChI=1S/C6H9N3O/c1-9-5(3-4-8-9)6(7)10-2/h3-4,7H,1-2H3. The second kappa shape index (κ2) is 2.51. The molecule has 0 radical (unpaired) electrons. The minimum Gasteiger partial charge on any atom is -0.480 e. The molecule has 0 saturated heterocycles. The van der Waals surface area contributed by atoms with Gasteiger partial charge >= 0.3 is 0 Å². The third-order valence-electron chi connectivity index (χ3n) is 1.26. The molecule has 1 heterocycles. The minimum atomic E-state index is 0.139. The number of hydrogen-bond acceptors (Lipinski definition) is 3. The van der Waals surface area contributed by atoms with E-state index in [9.17, 15) is 0 Å². The lowest BCUT2D eigenvalue weighted by Gasteiger charge is -2.00. The van der Waals surface area contributed by atoms with E-state index in [0.29, 0.717) is 5.69 Å². The number of aromatic nitrogens is 2. The summed E-state index contributed by atoms with van der Waals surface area (Å²) in [5.41, 5.74) is 0.683. The lowest BCUT2D eigenvalue weighted by atomic mass is 10.4. The molecule has 4 heteroatoms. The normalized spacial score (nSPS) is 9.40. The van der Waals surface area contributed by atoms with Crippen LogP contribution in [0.15, 0.2) is 12.3 Å². The van der Waals surface area contributed by atoms with Crippen LogP contribution in [0.5, 0.6) is 0 Å². The number of rotatable bonds is 1. The van der Waals surface area contributed by atoms with Crippen LogP contribution >= 0.6 is 0 Å². The maximum absolute atomic E-state index is 7.25. The van der Waals surface area contributed by atoms with Crippen molar-refractivity contribution < 1.29 is 4.74 Å². The van der Waals surface area contributed by atoms with Gasteiger partial charge < -0.3 is 4.74 Å². The second-order valence-corrected chi connectivity index (χ2v) is 1.87. The predicted octanol–water partition coefficient (Wildman–Crippen LogP) is 0.392. The molecule has 54 valence electrons. The van der Waals surface area contributed by atoms with E-state index in [1.807, 2.05) is 0 Å². The molecule has 1 rings (SSSR count). The van der Waals surface area contributed by atoms with Crippen LogP contribution in [-0.2, 0) is 11.8 Å². The van der Waals surface area contributed by atoms with Gasteiger partial charge in [0.2, 0.25) is 5.90 Å². The zero-order chi connectivity index (χ0) is 7.56. The summed E-state index contributed by atoms with van der Waals surface area (Å²) in [7, 11) is 3.23. The van der Waals surface area contributed by atoms with E-state index in [2.05, 4.69) is 5.10 Å². The highest BCUT2D eigenvalue weighted by molar-refractivity contribution is 5.89. The van der Waals surface area contributed by atoms with Crippen molar-refractivity contribution in [1.82, 2.24) is 9.78 Å². The quantitative estimate of drug-likeness (QED) is 0.452. The number of nitrogens with zero attached hydrogens (tertiary/aromatic N) is 2. The van der Waals surface area contributed by atoms with Gasteiger partial charge in [0.05, 0.1) is 7.11 Å². The smallest absolute Gasteiger partial charge is 0.231 e. The van der Waals surface area contributed by atoms with Gasteiger partial charge in [-0.1, -0.05) is 0 Å². The van der Waals surface area contributed by atoms with Crippen molar-refractivity contribution in [2.45, 2.75) is 0 Å². The van der Waals surface area contributed by atoms with E-state index in [-0.39, 0.29) is 5.90 Å². The van der Waals surface area contributed by atoms with E-state index >= 15 is 0 Å². The summed E-state index contributed by atoms with van der Waals surface area (Å²) in [5.74, 6) is 0.139. The molecular formula is C6H9N3O. The molecule has 10 heavy (non-hydrogen) atoms. The van der Waals surface area contributed by atoms with Crippen LogP contribution in [0.3, 0.4) is 0 Å². The topological polar surface area (TPSA) is 50.9 Å². The molecule has 0 saturated carbocycles. The molecule has 1 aromatic heterocycles. The van der Waals surface area contributed by atoms with E-state index in [0.717, 1.165) is 0 Å². The van der Waals surface area contributed by atoms with Crippen molar-refractivity contribution >= 4 is 5.90 Å². The summed E-state index contributed by atoms with van der Waals surface area (Å²) >= 11 is 0. The molecule has 0 bridgehead atoms. The summed E-state index contributed by atoms with van der Waals surface area (Å²) in [5, 5.41) is 11.1. The van der Waals surface area contributed by atoms with E-state index < -0.39 is 0 Å². The van der Waals surface area contributed by atoms with Crippen molar-refractivity contribution in [3.63, 3.8) is 0 Å². The van der Waals surface area contributed by atoms with Crippen LogP contribution in [0.2, 0.25) is 0 Å². The Kier molecular flexibility index (Phi) is 1.71. The van der Waals surface area contributed by atoms with Crippen LogP contribution in [-0.4, -0.2) is 22.8 Å². The first-order chi connectivity index (χ1) is 4.75. The molecule has 0 aliphatic carbocycles. The molecule has 0 aliphatic rings. The number of nitrogens with one attached hydrogen (secondary N) is 1. The third kappa shape index (κ3) is 1.00. The Balaban J connectivity index is 2.93. The lowest BCUT2D eigenvalue weighted by Crippen LogP contribution is -2.07. The average molecular weight is 139 g/mol. The first kappa shape index (κ1) is 6.80. The summed E-state index contributed by atoms with van der Waals surface area (Å²) in [6.07, 6.45) is 1.63. The van der Waals surface area contributed by atoms with Crippen molar-refractivity contribution in [2.24, 2.45) is 7.05 Å². The molecule has 0 spiro atoms. The monoisotopic (exact) mass is 139 g/mol. The fourth-order valence-electron chi connectivity index (χ4n) is 0.701. The number of aryl methyl sites for hydroxylation is 1. The molecule has 0 unspecified atom stereocenters. The highest BCUT2D eigenvalue weighted by atomic mass is 16.5. The largest absolute Gasteiger partial charge is 0.480 e.